The van der Waals surface area contributed by atoms with E-state index in [0.717, 1.165) is 36.3 Å². The van der Waals surface area contributed by atoms with Crippen molar-refractivity contribution in [2.45, 2.75) is 76.2 Å². The Morgan fingerprint density at radius 3 is 2.26 bits per heavy atom. The zero-order chi connectivity index (χ0) is 18.5. The molecule has 4 bridgehead atoms. The molecular weight excluding hydrogens is 328 g/mol. The average molecular weight is 367 g/mol. The molecule has 5 aliphatic carbocycles. The van der Waals surface area contributed by atoms with E-state index in [1.54, 1.807) is 5.56 Å². The lowest BCUT2D eigenvalue weighted by Crippen LogP contribution is -2.58. The highest BCUT2D eigenvalue weighted by Gasteiger charge is 2.59. The van der Waals surface area contributed by atoms with Crippen LogP contribution in [0.3, 0.4) is 0 Å². The van der Waals surface area contributed by atoms with Crippen LogP contribution in [0.4, 0.5) is 0 Å². The zero-order valence-electron chi connectivity index (χ0n) is 17.1. The molecule has 2 unspecified atom stereocenters. The molecule has 27 heavy (non-hydrogen) atoms. The monoisotopic (exact) mass is 366 g/mol. The topological polar surface area (TPSA) is 38.0 Å². The molecule has 0 spiro atoms. The maximum Gasteiger partial charge on any atom is 0.00674 e. The summed E-state index contributed by atoms with van der Waals surface area (Å²) in [5.41, 5.74) is 8.59. The molecule has 3 N–H and O–H groups in total. The second kappa shape index (κ2) is 6.88. The van der Waals surface area contributed by atoms with Crippen molar-refractivity contribution in [2.24, 2.45) is 34.8 Å². The maximum absolute atomic E-state index is 5.87. The minimum absolute atomic E-state index is 0.484. The Morgan fingerprint density at radius 1 is 0.963 bits per heavy atom. The number of nitrogens with one attached hydrogen (secondary N) is 1. The third-order valence-electron chi connectivity index (χ3n) is 9.00. The van der Waals surface area contributed by atoms with Gasteiger partial charge in [-0.05, 0) is 111 Å². The van der Waals surface area contributed by atoms with Gasteiger partial charge in [-0.2, -0.15) is 0 Å². The highest BCUT2D eigenvalue weighted by Crippen LogP contribution is 2.67. The number of nitrogens with two attached hydrogens (primary N) is 1. The van der Waals surface area contributed by atoms with Gasteiger partial charge in [0, 0.05) is 6.04 Å². The summed E-state index contributed by atoms with van der Waals surface area (Å²) in [6, 6.07) is 12.3. The number of hydrogen-bond donors (Lipinski definition) is 2. The summed E-state index contributed by atoms with van der Waals surface area (Å²) in [7, 11) is 0. The van der Waals surface area contributed by atoms with Crippen LogP contribution in [0.25, 0.3) is 0 Å². The summed E-state index contributed by atoms with van der Waals surface area (Å²) < 4.78 is 0. The molecule has 5 saturated carbocycles. The van der Waals surface area contributed by atoms with Gasteiger partial charge >= 0.3 is 0 Å². The van der Waals surface area contributed by atoms with E-state index in [0.29, 0.717) is 10.8 Å². The lowest BCUT2D eigenvalue weighted by Gasteiger charge is -2.64. The van der Waals surface area contributed by atoms with E-state index in [9.17, 15) is 0 Å². The van der Waals surface area contributed by atoms with E-state index in [1.807, 2.05) is 0 Å². The zero-order valence-corrected chi connectivity index (χ0v) is 17.1. The second-order valence-corrected chi connectivity index (χ2v) is 11.0. The molecule has 1 aromatic carbocycles. The first-order chi connectivity index (χ1) is 13.1. The normalized spacial score (nSPS) is 45.9. The molecule has 0 saturated heterocycles. The van der Waals surface area contributed by atoms with Gasteiger partial charge in [-0.3, -0.25) is 0 Å². The quantitative estimate of drug-likeness (QED) is 0.779. The summed E-state index contributed by atoms with van der Waals surface area (Å²) in [6.45, 7) is 4.76. The van der Waals surface area contributed by atoms with Crippen molar-refractivity contribution in [2.75, 3.05) is 13.1 Å². The molecule has 0 heterocycles. The fraction of sp³-hybridized carbons (Fsp3) is 0.760. The van der Waals surface area contributed by atoms with Crippen LogP contribution >= 0.6 is 0 Å². The fourth-order valence-electron chi connectivity index (χ4n) is 8.04. The van der Waals surface area contributed by atoms with Gasteiger partial charge in [-0.1, -0.05) is 37.3 Å². The molecule has 148 valence electrons. The van der Waals surface area contributed by atoms with Crippen LogP contribution < -0.4 is 11.1 Å². The maximum atomic E-state index is 5.87. The third-order valence-corrected chi connectivity index (χ3v) is 9.00. The van der Waals surface area contributed by atoms with Crippen molar-refractivity contribution in [1.29, 1.82) is 0 Å². The number of benzene rings is 1. The molecule has 2 heteroatoms. The molecule has 2 nitrogen and oxygen atoms in total. The molecule has 1 aromatic rings. The van der Waals surface area contributed by atoms with Gasteiger partial charge in [0.1, 0.15) is 0 Å². The summed E-state index contributed by atoms with van der Waals surface area (Å²) in [5.74, 6) is 3.58. The highest BCUT2D eigenvalue weighted by molar-refractivity contribution is 5.30. The van der Waals surface area contributed by atoms with E-state index in [4.69, 9.17) is 5.73 Å². The van der Waals surface area contributed by atoms with Gasteiger partial charge in [-0.15, -0.1) is 0 Å². The summed E-state index contributed by atoms with van der Waals surface area (Å²) in [6.07, 6.45) is 12.6. The molecule has 6 rings (SSSR count). The van der Waals surface area contributed by atoms with E-state index in [2.05, 4.69) is 42.6 Å². The first kappa shape index (κ1) is 18.2. The van der Waals surface area contributed by atoms with Crippen molar-refractivity contribution in [3.05, 3.63) is 35.9 Å². The summed E-state index contributed by atoms with van der Waals surface area (Å²) in [4.78, 5) is 0. The Hall–Kier alpha value is -0.860. The predicted octanol–water partition coefficient (Wildman–Crippen LogP) is 4.88. The summed E-state index contributed by atoms with van der Waals surface area (Å²) in [5, 5.41) is 4.02. The van der Waals surface area contributed by atoms with Crippen molar-refractivity contribution in [1.82, 2.24) is 5.32 Å². The Balaban J connectivity index is 1.27. The molecule has 0 radical (unpaired) electrons. The van der Waals surface area contributed by atoms with E-state index in [1.165, 1.54) is 64.3 Å². The smallest absolute Gasteiger partial charge is 0.00674 e. The minimum atomic E-state index is 0.484. The predicted molar refractivity (Wildman–Crippen MR) is 113 cm³/mol. The molecule has 5 aliphatic rings. The van der Waals surface area contributed by atoms with Crippen LogP contribution in [0, 0.1) is 29.1 Å². The lowest BCUT2D eigenvalue weighted by atomic mass is 9.40. The van der Waals surface area contributed by atoms with Crippen LogP contribution in [-0.2, 0) is 5.41 Å². The van der Waals surface area contributed by atoms with Crippen LogP contribution in [-0.4, -0.2) is 19.1 Å². The standard InChI is InChI=1S/C25H38N2/c1-24-11-19-13-25(17-24,21-5-3-2-4-6-21)14-20(12-24)23(19)16-27-22-9-7-18(15-26)8-10-22/h2-6,18-20,22-23,27H,7-17,26H2,1H3/t18-,19?,20?,22-,23?,24?,25?. The number of rotatable bonds is 5. The Morgan fingerprint density at radius 2 is 1.63 bits per heavy atom. The van der Waals surface area contributed by atoms with Gasteiger partial charge in [0.05, 0.1) is 0 Å². The van der Waals surface area contributed by atoms with Crippen LogP contribution in [0.5, 0.6) is 0 Å². The Bertz CT molecular complexity index is 630. The van der Waals surface area contributed by atoms with E-state index < -0.39 is 0 Å². The lowest BCUT2D eigenvalue weighted by molar-refractivity contribution is -0.103. The summed E-state index contributed by atoms with van der Waals surface area (Å²) >= 11 is 0. The van der Waals surface area contributed by atoms with Crippen LogP contribution in [0.15, 0.2) is 30.3 Å². The van der Waals surface area contributed by atoms with E-state index in [-0.39, 0.29) is 0 Å². The van der Waals surface area contributed by atoms with Crippen molar-refractivity contribution in [3.63, 3.8) is 0 Å². The number of hydrogen-bond acceptors (Lipinski definition) is 2. The molecule has 5 fully saturated rings. The van der Waals surface area contributed by atoms with E-state index >= 15 is 0 Å². The molecule has 2 atom stereocenters. The Kier molecular flexibility index (Phi) is 4.64. The van der Waals surface area contributed by atoms with Gasteiger partial charge in [0.2, 0.25) is 0 Å². The SMILES string of the molecule is CC12CC3CC(c4ccccc4)(CC(C1)C3CN[C@H]1CC[C@H](CN)CC1)C2. The fourth-order valence-corrected chi connectivity index (χ4v) is 8.04. The molecule has 0 aromatic heterocycles. The van der Waals surface area contributed by atoms with Crippen LogP contribution in [0.1, 0.15) is 70.3 Å². The molecule has 0 amide bonds. The molecular formula is C25H38N2. The third kappa shape index (κ3) is 3.27. The van der Waals surface area contributed by atoms with Crippen molar-refractivity contribution in [3.8, 4) is 0 Å². The van der Waals surface area contributed by atoms with Gasteiger partial charge in [-0.25, -0.2) is 0 Å². The largest absolute Gasteiger partial charge is 0.330 e. The Labute approximate surface area is 165 Å². The van der Waals surface area contributed by atoms with Gasteiger partial charge in [0.25, 0.3) is 0 Å². The van der Waals surface area contributed by atoms with Crippen LogP contribution in [0.2, 0.25) is 0 Å². The van der Waals surface area contributed by atoms with Gasteiger partial charge in [0.15, 0.2) is 0 Å². The minimum Gasteiger partial charge on any atom is -0.330 e. The highest BCUT2D eigenvalue weighted by atomic mass is 14.9. The van der Waals surface area contributed by atoms with Gasteiger partial charge < -0.3 is 11.1 Å². The first-order valence-corrected chi connectivity index (χ1v) is 11.6. The first-order valence-electron chi connectivity index (χ1n) is 11.6. The average Bonchev–Trinajstić information content (AvgIpc) is 2.67. The second-order valence-electron chi connectivity index (χ2n) is 11.0. The molecule has 0 aliphatic heterocycles. The van der Waals surface area contributed by atoms with Crippen molar-refractivity contribution >= 4 is 0 Å². The van der Waals surface area contributed by atoms with Crippen molar-refractivity contribution < 1.29 is 0 Å².